The summed E-state index contributed by atoms with van der Waals surface area (Å²) < 4.78 is 10.4. The van der Waals surface area contributed by atoms with Gasteiger partial charge < -0.3 is 14.6 Å². The maximum atomic E-state index is 12.2. The normalized spacial score (nSPS) is 10.8. The summed E-state index contributed by atoms with van der Waals surface area (Å²) in [7, 11) is 1.60. The number of ether oxygens (including phenoxy) is 2. The molecule has 3 aromatic rings. The van der Waals surface area contributed by atoms with Crippen LogP contribution in [-0.2, 0) is 0 Å². The number of methoxy groups -OCH3 is 1. The monoisotopic (exact) mass is 380 g/mol. The minimum Gasteiger partial charge on any atom is -0.504 e. The van der Waals surface area contributed by atoms with Gasteiger partial charge in [-0.25, -0.2) is 5.43 Å². The lowest BCUT2D eigenvalue weighted by atomic mass is 10.1. The Labute approximate surface area is 161 Å². The Morgan fingerprint density at radius 3 is 2.75 bits per heavy atom. The van der Waals surface area contributed by atoms with Crippen molar-refractivity contribution in [3.05, 3.63) is 59.8 Å². The number of aromatic hydroxyl groups is 1. The zero-order valence-electron chi connectivity index (χ0n) is 15.5. The Morgan fingerprint density at radius 1 is 1.25 bits per heavy atom. The van der Waals surface area contributed by atoms with Crippen molar-refractivity contribution in [1.29, 1.82) is 0 Å². The summed E-state index contributed by atoms with van der Waals surface area (Å²) in [5.74, 6) is 0.725. The minimum absolute atomic E-state index is 0.0477. The van der Waals surface area contributed by atoms with Gasteiger partial charge in [-0.2, -0.15) is 10.2 Å². The van der Waals surface area contributed by atoms with Crippen LogP contribution in [0.3, 0.4) is 0 Å². The molecule has 2 aromatic carbocycles. The molecule has 0 aliphatic carbocycles. The summed E-state index contributed by atoms with van der Waals surface area (Å²) in [6, 6.07) is 13.8. The van der Waals surface area contributed by atoms with Crippen LogP contribution in [0.4, 0.5) is 0 Å². The van der Waals surface area contributed by atoms with E-state index in [4.69, 9.17) is 9.47 Å². The van der Waals surface area contributed by atoms with Crippen molar-refractivity contribution in [1.82, 2.24) is 15.6 Å². The van der Waals surface area contributed by atoms with E-state index in [9.17, 15) is 9.90 Å². The minimum atomic E-state index is -0.424. The summed E-state index contributed by atoms with van der Waals surface area (Å²) in [6.45, 7) is 2.26. The van der Waals surface area contributed by atoms with Gasteiger partial charge in [0.05, 0.1) is 25.6 Å². The first-order chi connectivity index (χ1) is 13.6. The van der Waals surface area contributed by atoms with E-state index in [1.54, 1.807) is 25.3 Å². The van der Waals surface area contributed by atoms with Gasteiger partial charge in [0, 0.05) is 5.56 Å². The first-order valence-corrected chi connectivity index (χ1v) is 8.59. The van der Waals surface area contributed by atoms with Gasteiger partial charge >= 0.3 is 0 Å². The van der Waals surface area contributed by atoms with Crippen molar-refractivity contribution in [2.24, 2.45) is 5.10 Å². The Balaban J connectivity index is 1.64. The van der Waals surface area contributed by atoms with Crippen LogP contribution in [0.5, 0.6) is 17.2 Å². The van der Waals surface area contributed by atoms with Crippen molar-refractivity contribution < 1.29 is 19.4 Å². The molecule has 0 bridgehead atoms. The van der Waals surface area contributed by atoms with Crippen molar-refractivity contribution >= 4 is 12.1 Å². The first kappa shape index (κ1) is 19.0. The molecule has 1 heterocycles. The lowest BCUT2D eigenvalue weighted by Crippen LogP contribution is -2.18. The van der Waals surface area contributed by atoms with Gasteiger partial charge in [-0.05, 0) is 61.0 Å². The molecule has 0 radical (unpaired) electrons. The van der Waals surface area contributed by atoms with Crippen molar-refractivity contribution in [2.75, 3.05) is 13.7 Å². The average molecular weight is 380 g/mol. The van der Waals surface area contributed by atoms with Crippen LogP contribution in [0.25, 0.3) is 11.3 Å². The molecule has 1 amide bonds. The molecule has 0 saturated heterocycles. The zero-order valence-corrected chi connectivity index (χ0v) is 15.5. The van der Waals surface area contributed by atoms with E-state index in [1.807, 2.05) is 31.2 Å². The Bertz CT molecular complexity index is 980. The zero-order chi connectivity index (χ0) is 19.9. The number of aromatic nitrogens is 2. The first-order valence-electron chi connectivity index (χ1n) is 8.59. The molecule has 0 fully saturated rings. The van der Waals surface area contributed by atoms with E-state index in [0.29, 0.717) is 23.6 Å². The molecule has 8 nitrogen and oxygen atoms in total. The van der Waals surface area contributed by atoms with Crippen LogP contribution in [0.15, 0.2) is 53.6 Å². The number of hydrogen-bond acceptors (Lipinski definition) is 6. The Morgan fingerprint density at radius 2 is 2.04 bits per heavy atom. The van der Waals surface area contributed by atoms with Crippen LogP contribution in [0.2, 0.25) is 0 Å². The Hall–Kier alpha value is -3.81. The topological polar surface area (TPSA) is 109 Å². The summed E-state index contributed by atoms with van der Waals surface area (Å²) >= 11 is 0. The molecule has 0 aliphatic heterocycles. The molecule has 3 N–H and O–H groups in total. The van der Waals surface area contributed by atoms with Crippen molar-refractivity contribution in [2.45, 2.75) is 6.92 Å². The number of aromatic amines is 1. The fourth-order valence-electron chi connectivity index (χ4n) is 2.46. The van der Waals surface area contributed by atoms with Crippen LogP contribution in [0.1, 0.15) is 23.0 Å². The summed E-state index contributed by atoms with van der Waals surface area (Å²) in [5, 5.41) is 20.5. The van der Waals surface area contributed by atoms with Gasteiger partial charge in [-0.15, -0.1) is 0 Å². The van der Waals surface area contributed by atoms with Gasteiger partial charge in [0.1, 0.15) is 11.4 Å². The quantitative estimate of drug-likeness (QED) is 0.431. The number of H-pyrrole nitrogens is 1. The number of hydrazone groups is 1. The molecule has 1 aromatic heterocycles. The van der Waals surface area contributed by atoms with Gasteiger partial charge in [-0.1, -0.05) is 0 Å². The third kappa shape index (κ3) is 4.47. The lowest BCUT2D eigenvalue weighted by Gasteiger charge is -2.05. The van der Waals surface area contributed by atoms with Crippen LogP contribution in [0, 0.1) is 0 Å². The van der Waals surface area contributed by atoms with E-state index >= 15 is 0 Å². The van der Waals surface area contributed by atoms with E-state index in [-0.39, 0.29) is 11.4 Å². The standard InChI is InChI=1S/C20H20N4O4/c1-3-28-19-10-13(4-9-18(19)25)12-21-24-20(26)17-11-16(22-23-17)14-5-7-15(27-2)8-6-14/h4-12,25H,3H2,1-2H3,(H,22,23)(H,24,26)/b21-12-. The lowest BCUT2D eigenvalue weighted by molar-refractivity contribution is 0.0950. The fraction of sp³-hybridized carbons (Fsp3) is 0.150. The van der Waals surface area contributed by atoms with Crippen LogP contribution in [-0.4, -0.2) is 41.1 Å². The average Bonchev–Trinajstić information content (AvgIpc) is 3.21. The molecule has 0 spiro atoms. The molecule has 0 unspecified atom stereocenters. The second-order valence-corrected chi connectivity index (χ2v) is 5.75. The number of benzene rings is 2. The smallest absolute Gasteiger partial charge is 0.289 e. The van der Waals surface area contributed by atoms with Gasteiger partial charge in [-0.3, -0.25) is 9.89 Å². The molecule has 144 valence electrons. The SMILES string of the molecule is CCOc1cc(/C=N\NC(=O)c2cc(-c3ccc(OC)cc3)n[nH]2)ccc1O. The molecule has 8 heteroatoms. The van der Waals surface area contributed by atoms with Gasteiger partial charge in [0.2, 0.25) is 0 Å². The second-order valence-electron chi connectivity index (χ2n) is 5.75. The molecule has 0 aliphatic rings. The number of hydrogen-bond donors (Lipinski definition) is 3. The highest BCUT2D eigenvalue weighted by Crippen LogP contribution is 2.26. The molecule has 28 heavy (non-hydrogen) atoms. The van der Waals surface area contributed by atoms with Crippen LogP contribution < -0.4 is 14.9 Å². The largest absolute Gasteiger partial charge is 0.504 e. The molecule has 3 rings (SSSR count). The number of phenols is 1. The third-order valence-electron chi connectivity index (χ3n) is 3.87. The highest BCUT2D eigenvalue weighted by Gasteiger charge is 2.10. The number of rotatable bonds is 7. The van der Waals surface area contributed by atoms with Crippen molar-refractivity contribution in [3.63, 3.8) is 0 Å². The number of nitrogens with one attached hydrogen (secondary N) is 2. The number of amides is 1. The maximum absolute atomic E-state index is 12.2. The maximum Gasteiger partial charge on any atom is 0.289 e. The fourth-order valence-corrected chi connectivity index (χ4v) is 2.46. The van der Waals surface area contributed by atoms with Gasteiger partial charge in [0.15, 0.2) is 11.5 Å². The van der Waals surface area contributed by atoms with Crippen molar-refractivity contribution in [3.8, 4) is 28.5 Å². The second kappa shape index (κ2) is 8.72. The van der Waals surface area contributed by atoms with E-state index < -0.39 is 5.91 Å². The third-order valence-corrected chi connectivity index (χ3v) is 3.87. The number of carbonyl (C=O) groups excluding carboxylic acids is 1. The molecular weight excluding hydrogens is 360 g/mol. The van der Waals surface area contributed by atoms with E-state index in [1.165, 1.54) is 12.3 Å². The summed E-state index contributed by atoms with van der Waals surface area (Å²) in [4.78, 5) is 12.2. The summed E-state index contributed by atoms with van der Waals surface area (Å²) in [6.07, 6.45) is 1.46. The number of nitrogens with zero attached hydrogens (tertiary/aromatic N) is 2. The number of carbonyl (C=O) groups is 1. The number of phenolic OH excluding ortho intramolecular Hbond substituents is 1. The predicted octanol–water partition coefficient (Wildman–Crippen LogP) is 2.95. The van der Waals surface area contributed by atoms with E-state index in [2.05, 4.69) is 20.7 Å². The molecule has 0 saturated carbocycles. The molecule has 0 atom stereocenters. The highest BCUT2D eigenvalue weighted by molar-refractivity contribution is 5.94. The highest BCUT2D eigenvalue weighted by atomic mass is 16.5. The predicted molar refractivity (Wildman–Crippen MR) is 105 cm³/mol. The molecular formula is C20H20N4O4. The van der Waals surface area contributed by atoms with Gasteiger partial charge in [0.25, 0.3) is 5.91 Å². The van der Waals surface area contributed by atoms with Crippen LogP contribution >= 0.6 is 0 Å². The van der Waals surface area contributed by atoms with E-state index in [0.717, 1.165) is 11.3 Å². The Kier molecular flexibility index (Phi) is 5.91. The summed E-state index contributed by atoms with van der Waals surface area (Å²) in [5.41, 5.74) is 4.87.